The van der Waals surface area contributed by atoms with Gasteiger partial charge in [0.1, 0.15) is 0 Å². The van der Waals surface area contributed by atoms with E-state index in [2.05, 4.69) is 42.8 Å². The van der Waals surface area contributed by atoms with Gasteiger partial charge in [-0.1, -0.05) is 39.2 Å². The summed E-state index contributed by atoms with van der Waals surface area (Å²) in [5.74, 6) is 2.52. The first-order chi connectivity index (χ1) is 15.7. The highest BCUT2D eigenvalue weighted by molar-refractivity contribution is 5.52. The number of unbranched alkanes of at least 4 members (excludes halogenated alkanes) is 4. The van der Waals surface area contributed by atoms with E-state index in [0.29, 0.717) is 25.4 Å². The number of hydrogen-bond donors (Lipinski definition) is 1. The molecule has 3 rings (SSSR count). The van der Waals surface area contributed by atoms with Crippen LogP contribution in [0.2, 0.25) is 0 Å². The zero-order valence-electron chi connectivity index (χ0n) is 20.8. The van der Waals surface area contributed by atoms with E-state index in [1.54, 1.807) is 0 Å². The van der Waals surface area contributed by atoms with Crippen LogP contribution in [0.1, 0.15) is 88.7 Å². The van der Waals surface area contributed by atoms with Gasteiger partial charge in [0.2, 0.25) is 6.79 Å². The summed E-state index contributed by atoms with van der Waals surface area (Å²) in [6.07, 6.45) is 11.8. The van der Waals surface area contributed by atoms with Crippen molar-refractivity contribution in [3.8, 4) is 11.5 Å². The van der Waals surface area contributed by atoms with Crippen LogP contribution in [0.15, 0.2) is 12.1 Å². The standard InChI is InChI=1S/C27H46N2O3/c1-4-6-8-14-29-20-24(18-25(29)12-15-28(3)13-9-7-10-16-30)23-17-22(11-5-2)27-26(19-23)31-21-32-27/h17,19,24-25,30H,4-16,18,20-21H2,1-3H3. The fourth-order valence-corrected chi connectivity index (χ4v) is 5.31. The summed E-state index contributed by atoms with van der Waals surface area (Å²) in [4.78, 5) is 5.25. The lowest BCUT2D eigenvalue weighted by Gasteiger charge is -2.26. The van der Waals surface area contributed by atoms with E-state index in [-0.39, 0.29) is 0 Å². The predicted molar refractivity (Wildman–Crippen MR) is 132 cm³/mol. The van der Waals surface area contributed by atoms with Gasteiger partial charge < -0.3 is 19.5 Å². The summed E-state index contributed by atoms with van der Waals surface area (Å²) < 4.78 is 11.6. The number of aliphatic hydroxyl groups excluding tert-OH is 1. The molecule has 0 aliphatic carbocycles. The molecule has 5 nitrogen and oxygen atoms in total. The molecule has 32 heavy (non-hydrogen) atoms. The lowest BCUT2D eigenvalue weighted by atomic mass is 9.92. The van der Waals surface area contributed by atoms with Gasteiger partial charge in [0, 0.05) is 19.2 Å². The minimum absolute atomic E-state index is 0.319. The molecule has 1 fully saturated rings. The Labute approximate surface area is 196 Å². The van der Waals surface area contributed by atoms with Crippen LogP contribution >= 0.6 is 0 Å². The van der Waals surface area contributed by atoms with Crippen molar-refractivity contribution in [2.24, 2.45) is 0 Å². The summed E-state index contributed by atoms with van der Waals surface area (Å²) in [6.45, 7) is 9.88. The van der Waals surface area contributed by atoms with Crippen molar-refractivity contribution in [2.75, 3.05) is 46.6 Å². The third-order valence-corrected chi connectivity index (χ3v) is 7.18. The normalized spacial score (nSPS) is 20.5. The Kier molecular flexibility index (Phi) is 10.6. The van der Waals surface area contributed by atoms with Crippen molar-refractivity contribution in [2.45, 2.75) is 90.0 Å². The molecule has 2 aliphatic heterocycles. The lowest BCUT2D eigenvalue weighted by Crippen LogP contribution is -2.34. The molecule has 0 spiro atoms. The molecule has 182 valence electrons. The van der Waals surface area contributed by atoms with E-state index in [0.717, 1.165) is 50.3 Å². The lowest BCUT2D eigenvalue weighted by molar-refractivity contribution is 0.173. The van der Waals surface area contributed by atoms with Gasteiger partial charge >= 0.3 is 0 Å². The number of ether oxygens (including phenoxy) is 2. The van der Waals surface area contributed by atoms with Gasteiger partial charge in [-0.2, -0.15) is 0 Å². The van der Waals surface area contributed by atoms with Crippen molar-refractivity contribution in [1.29, 1.82) is 0 Å². The minimum Gasteiger partial charge on any atom is -0.454 e. The van der Waals surface area contributed by atoms with Gasteiger partial charge in [-0.05, 0) is 94.7 Å². The van der Waals surface area contributed by atoms with Crippen LogP contribution in [0.4, 0.5) is 0 Å². The van der Waals surface area contributed by atoms with E-state index in [1.165, 1.54) is 62.7 Å². The van der Waals surface area contributed by atoms with E-state index >= 15 is 0 Å². The van der Waals surface area contributed by atoms with Crippen molar-refractivity contribution < 1.29 is 14.6 Å². The molecule has 2 unspecified atom stereocenters. The second-order valence-corrected chi connectivity index (χ2v) is 9.83. The second kappa shape index (κ2) is 13.4. The highest BCUT2D eigenvalue weighted by Crippen LogP contribution is 2.42. The van der Waals surface area contributed by atoms with Gasteiger partial charge in [-0.15, -0.1) is 0 Å². The molecular weight excluding hydrogens is 400 g/mol. The summed E-state index contributed by atoms with van der Waals surface area (Å²) in [5, 5.41) is 8.98. The molecule has 0 radical (unpaired) electrons. The van der Waals surface area contributed by atoms with Gasteiger partial charge in [0.15, 0.2) is 11.5 Å². The molecule has 1 aromatic rings. The average molecular weight is 447 g/mol. The number of nitrogens with zero attached hydrogens (tertiary/aromatic N) is 2. The average Bonchev–Trinajstić information content (AvgIpc) is 3.43. The van der Waals surface area contributed by atoms with Crippen LogP contribution in [0.5, 0.6) is 11.5 Å². The number of fused-ring (bicyclic) bond motifs is 1. The molecule has 0 amide bonds. The van der Waals surface area contributed by atoms with Crippen molar-refractivity contribution in [1.82, 2.24) is 9.80 Å². The van der Waals surface area contributed by atoms with Crippen molar-refractivity contribution in [3.05, 3.63) is 23.3 Å². The van der Waals surface area contributed by atoms with E-state index in [4.69, 9.17) is 14.6 Å². The molecule has 2 atom stereocenters. The smallest absolute Gasteiger partial charge is 0.231 e. The Morgan fingerprint density at radius 1 is 1.03 bits per heavy atom. The van der Waals surface area contributed by atoms with Gasteiger partial charge in [-0.3, -0.25) is 4.90 Å². The molecule has 2 heterocycles. The Balaban J connectivity index is 1.62. The first kappa shape index (κ1) is 25.3. The number of aliphatic hydroxyl groups is 1. The highest BCUT2D eigenvalue weighted by Gasteiger charge is 2.33. The first-order valence-corrected chi connectivity index (χ1v) is 13.1. The van der Waals surface area contributed by atoms with E-state index in [1.807, 2.05) is 0 Å². The molecule has 0 saturated carbocycles. The third-order valence-electron chi connectivity index (χ3n) is 7.18. The van der Waals surface area contributed by atoms with Gasteiger partial charge in [0.05, 0.1) is 0 Å². The minimum atomic E-state index is 0.319. The molecule has 0 aromatic heterocycles. The molecule has 0 bridgehead atoms. The van der Waals surface area contributed by atoms with Crippen LogP contribution in [0, 0.1) is 0 Å². The quantitative estimate of drug-likeness (QED) is 0.375. The molecule has 2 aliphatic rings. The monoisotopic (exact) mass is 446 g/mol. The SMILES string of the molecule is CCCCCN1CC(c2cc(CCC)c3c(c2)OCO3)CC1CCN(C)CCCCCO. The Hall–Kier alpha value is -1.30. The topological polar surface area (TPSA) is 45.2 Å². The molecule has 1 aromatic carbocycles. The van der Waals surface area contributed by atoms with Crippen LogP contribution < -0.4 is 9.47 Å². The Morgan fingerprint density at radius 2 is 1.91 bits per heavy atom. The van der Waals surface area contributed by atoms with Crippen molar-refractivity contribution >= 4 is 0 Å². The fraction of sp³-hybridized carbons (Fsp3) is 0.778. The predicted octanol–water partition coefficient (Wildman–Crippen LogP) is 5.20. The summed E-state index contributed by atoms with van der Waals surface area (Å²) in [5.41, 5.74) is 2.76. The third kappa shape index (κ3) is 7.10. The summed E-state index contributed by atoms with van der Waals surface area (Å²) >= 11 is 0. The summed E-state index contributed by atoms with van der Waals surface area (Å²) in [7, 11) is 2.25. The number of aryl methyl sites for hydroxylation is 1. The maximum absolute atomic E-state index is 8.98. The highest BCUT2D eigenvalue weighted by atomic mass is 16.7. The maximum Gasteiger partial charge on any atom is 0.231 e. The summed E-state index contributed by atoms with van der Waals surface area (Å²) in [6, 6.07) is 5.32. The van der Waals surface area contributed by atoms with E-state index < -0.39 is 0 Å². The zero-order valence-corrected chi connectivity index (χ0v) is 20.8. The Bertz CT molecular complexity index is 681. The number of likely N-dealkylation sites (tertiary alicyclic amines) is 1. The Morgan fingerprint density at radius 3 is 2.69 bits per heavy atom. The zero-order chi connectivity index (χ0) is 22.8. The van der Waals surface area contributed by atoms with Gasteiger partial charge in [-0.25, -0.2) is 0 Å². The van der Waals surface area contributed by atoms with Crippen LogP contribution in [0.25, 0.3) is 0 Å². The van der Waals surface area contributed by atoms with E-state index in [9.17, 15) is 0 Å². The second-order valence-electron chi connectivity index (χ2n) is 9.83. The molecular formula is C27H46N2O3. The molecule has 1 saturated heterocycles. The fourth-order valence-electron chi connectivity index (χ4n) is 5.31. The van der Waals surface area contributed by atoms with Crippen LogP contribution in [0.3, 0.4) is 0 Å². The van der Waals surface area contributed by atoms with Crippen LogP contribution in [-0.2, 0) is 6.42 Å². The molecule has 5 heteroatoms. The number of hydrogen-bond acceptors (Lipinski definition) is 5. The molecule has 1 N–H and O–H groups in total. The largest absolute Gasteiger partial charge is 0.454 e. The maximum atomic E-state index is 8.98. The first-order valence-electron chi connectivity index (χ1n) is 13.1. The van der Waals surface area contributed by atoms with Crippen molar-refractivity contribution in [3.63, 3.8) is 0 Å². The van der Waals surface area contributed by atoms with Crippen LogP contribution in [-0.4, -0.2) is 67.6 Å². The van der Waals surface area contributed by atoms with Gasteiger partial charge in [0.25, 0.3) is 0 Å². The number of benzene rings is 1. The number of rotatable bonds is 15.